The van der Waals surface area contributed by atoms with Crippen molar-refractivity contribution >= 4 is 21.8 Å². The molecule has 1 saturated heterocycles. The van der Waals surface area contributed by atoms with Crippen molar-refractivity contribution in [1.29, 1.82) is 0 Å². The molecule has 2 aromatic rings. The standard InChI is InChI=1S/C16H18BrN3O/c1-2-15-18-6-7-19(15)9-12-10-20(11-12)16(21)13-4-3-5-14(17)8-13/h3-8,12H,2,9-11H2,1H3. The molecule has 0 spiro atoms. The molecule has 1 aromatic heterocycles. The molecule has 1 aromatic carbocycles. The second kappa shape index (κ2) is 6.02. The molecule has 1 aliphatic rings. The first-order valence-corrected chi connectivity index (χ1v) is 8.01. The average molecular weight is 348 g/mol. The number of imidazole rings is 1. The van der Waals surface area contributed by atoms with Crippen molar-refractivity contribution in [2.45, 2.75) is 19.9 Å². The summed E-state index contributed by atoms with van der Waals surface area (Å²) in [6, 6.07) is 7.57. The Morgan fingerprint density at radius 1 is 1.43 bits per heavy atom. The van der Waals surface area contributed by atoms with Crippen LogP contribution < -0.4 is 0 Å². The zero-order valence-electron chi connectivity index (χ0n) is 12.0. The lowest BCUT2D eigenvalue weighted by Crippen LogP contribution is -2.51. The molecule has 3 rings (SSSR count). The van der Waals surface area contributed by atoms with Gasteiger partial charge in [-0.3, -0.25) is 4.79 Å². The van der Waals surface area contributed by atoms with E-state index in [0.29, 0.717) is 5.92 Å². The van der Waals surface area contributed by atoms with Gasteiger partial charge in [0.15, 0.2) is 0 Å². The van der Waals surface area contributed by atoms with Gasteiger partial charge in [0.05, 0.1) is 0 Å². The maximum absolute atomic E-state index is 12.3. The minimum Gasteiger partial charge on any atom is -0.338 e. The Kier molecular flexibility index (Phi) is 4.10. The number of aryl methyl sites for hydroxylation is 1. The Bertz CT molecular complexity index is 646. The first-order valence-electron chi connectivity index (χ1n) is 7.22. The van der Waals surface area contributed by atoms with Crippen molar-refractivity contribution < 1.29 is 4.79 Å². The second-order valence-electron chi connectivity index (χ2n) is 5.44. The number of nitrogens with zero attached hydrogens (tertiary/aromatic N) is 3. The van der Waals surface area contributed by atoms with Crippen molar-refractivity contribution in [1.82, 2.24) is 14.5 Å². The first kappa shape index (κ1) is 14.3. The van der Waals surface area contributed by atoms with Gasteiger partial charge in [-0.05, 0) is 18.2 Å². The van der Waals surface area contributed by atoms with E-state index in [2.05, 4.69) is 32.4 Å². The number of halogens is 1. The van der Waals surface area contributed by atoms with E-state index in [0.717, 1.165) is 41.9 Å². The van der Waals surface area contributed by atoms with Crippen molar-refractivity contribution in [2.75, 3.05) is 13.1 Å². The lowest BCUT2D eigenvalue weighted by Gasteiger charge is -2.39. The second-order valence-corrected chi connectivity index (χ2v) is 6.35. The van der Waals surface area contributed by atoms with E-state index in [4.69, 9.17) is 0 Å². The fourth-order valence-electron chi connectivity index (χ4n) is 2.75. The number of benzene rings is 1. The highest BCUT2D eigenvalue weighted by molar-refractivity contribution is 9.10. The summed E-state index contributed by atoms with van der Waals surface area (Å²) in [4.78, 5) is 18.6. The van der Waals surface area contributed by atoms with E-state index in [1.165, 1.54) is 0 Å². The molecule has 5 heteroatoms. The Morgan fingerprint density at radius 3 is 2.95 bits per heavy atom. The lowest BCUT2D eigenvalue weighted by atomic mass is 9.98. The van der Waals surface area contributed by atoms with Crippen LogP contribution in [0.4, 0.5) is 0 Å². The number of likely N-dealkylation sites (tertiary alicyclic amines) is 1. The normalized spacial score (nSPS) is 15.0. The van der Waals surface area contributed by atoms with E-state index in [9.17, 15) is 4.79 Å². The summed E-state index contributed by atoms with van der Waals surface area (Å²) in [6.07, 6.45) is 4.82. The van der Waals surface area contributed by atoms with Crippen molar-refractivity contribution in [2.24, 2.45) is 5.92 Å². The highest BCUT2D eigenvalue weighted by Gasteiger charge is 2.31. The largest absolute Gasteiger partial charge is 0.338 e. The molecule has 1 fully saturated rings. The molecule has 2 heterocycles. The number of hydrogen-bond donors (Lipinski definition) is 0. The minimum absolute atomic E-state index is 0.119. The van der Waals surface area contributed by atoms with Gasteiger partial charge in [0.25, 0.3) is 5.91 Å². The van der Waals surface area contributed by atoms with Crippen LogP contribution in [-0.4, -0.2) is 33.4 Å². The SMILES string of the molecule is CCc1nccn1CC1CN(C(=O)c2cccc(Br)c2)C1. The van der Waals surface area contributed by atoms with Crippen molar-refractivity contribution in [3.63, 3.8) is 0 Å². The fraction of sp³-hybridized carbons (Fsp3) is 0.375. The number of carbonyl (C=O) groups excluding carboxylic acids is 1. The maximum atomic E-state index is 12.3. The van der Waals surface area contributed by atoms with Crippen LogP contribution in [0.1, 0.15) is 23.1 Å². The van der Waals surface area contributed by atoms with Crippen LogP contribution in [0.15, 0.2) is 41.1 Å². The molecule has 1 aliphatic heterocycles. The van der Waals surface area contributed by atoms with Crippen LogP contribution in [0, 0.1) is 5.92 Å². The van der Waals surface area contributed by atoms with E-state index >= 15 is 0 Å². The fourth-order valence-corrected chi connectivity index (χ4v) is 3.15. The Balaban J connectivity index is 1.57. The number of carbonyl (C=O) groups is 1. The Morgan fingerprint density at radius 2 is 2.24 bits per heavy atom. The third kappa shape index (κ3) is 3.02. The Hall–Kier alpha value is -1.62. The highest BCUT2D eigenvalue weighted by Crippen LogP contribution is 2.22. The van der Waals surface area contributed by atoms with Crippen LogP contribution in [0.2, 0.25) is 0 Å². The van der Waals surface area contributed by atoms with Crippen LogP contribution in [-0.2, 0) is 13.0 Å². The molecule has 0 aliphatic carbocycles. The molecular formula is C16H18BrN3O. The summed E-state index contributed by atoms with van der Waals surface area (Å²) in [7, 11) is 0. The molecule has 0 saturated carbocycles. The molecule has 0 atom stereocenters. The molecule has 0 radical (unpaired) electrons. The van der Waals surface area contributed by atoms with E-state index in [1.807, 2.05) is 41.6 Å². The van der Waals surface area contributed by atoms with Gasteiger partial charge >= 0.3 is 0 Å². The maximum Gasteiger partial charge on any atom is 0.253 e. The predicted molar refractivity (Wildman–Crippen MR) is 85.1 cm³/mol. The summed E-state index contributed by atoms with van der Waals surface area (Å²) in [6.45, 7) is 4.72. The third-order valence-electron chi connectivity index (χ3n) is 3.89. The minimum atomic E-state index is 0.119. The van der Waals surface area contributed by atoms with Gasteiger partial charge in [0, 0.05) is 54.4 Å². The first-order chi connectivity index (χ1) is 10.2. The molecule has 1 amide bonds. The molecule has 0 unspecified atom stereocenters. The van der Waals surface area contributed by atoms with Gasteiger partial charge in [-0.25, -0.2) is 4.98 Å². The summed E-state index contributed by atoms with van der Waals surface area (Å²) >= 11 is 3.41. The summed E-state index contributed by atoms with van der Waals surface area (Å²) in [5, 5.41) is 0. The zero-order chi connectivity index (χ0) is 14.8. The molecule has 21 heavy (non-hydrogen) atoms. The monoisotopic (exact) mass is 347 g/mol. The molecule has 0 N–H and O–H groups in total. The average Bonchev–Trinajstić information content (AvgIpc) is 2.89. The van der Waals surface area contributed by atoms with Gasteiger partial charge < -0.3 is 9.47 Å². The van der Waals surface area contributed by atoms with Gasteiger partial charge in [-0.15, -0.1) is 0 Å². The van der Waals surface area contributed by atoms with Crippen LogP contribution >= 0.6 is 15.9 Å². The summed E-state index contributed by atoms with van der Waals surface area (Å²) in [5.41, 5.74) is 0.750. The van der Waals surface area contributed by atoms with Crippen LogP contribution in [0.25, 0.3) is 0 Å². The molecule has 4 nitrogen and oxygen atoms in total. The third-order valence-corrected chi connectivity index (χ3v) is 4.38. The highest BCUT2D eigenvalue weighted by atomic mass is 79.9. The quantitative estimate of drug-likeness (QED) is 0.852. The molecule has 110 valence electrons. The van der Waals surface area contributed by atoms with E-state index in [-0.39, 0.29) is 5.91 Å². The lowest BCUT2D eigenvalue weighted by molar-refractivity contribution is 0.0467. The summed E-state index contributed by atoms with van der Waals surface area (Å²) in [5.74, 6) is 1.77. The smallest absolute Gasteiger partial charge is 0.253 e. The van der Waals surface area contributed by atoms with Gasteiger partial charge in [0.1, 0.15) is 5.82 Å². The van der Waals surface area contributed by atoms with Gasteiger partial charge in [-0.1, -0.05) is 28.9 Å². The molecule has 0 bridgehead atoms. The van der Waals surface area contributed by atoms with E-state index < -0.39 is 0 Å². The summed E-state index contributed by atoms with van der Waals surface area (Å²) < 4.78 is 3.14. The van der Waals surface area contributed by atoms with Gasteiger partial charge in [0.2, 0.25) is 0 Å². The van der Waals surface area contributed by atoms with Crippen LogP contribution in [0.3, 0.4) is 0 Å². The number of aromatic nitrogens is 2. The molecular weight excluding hydrogens is 330 g/mol. The predicted octanol–water partition coefficient (Wildman–Crippen LogP) is 2.98. The number of rotatable bonds is 4. The van der Waals surface area contributed by atoms with Crippen LogP contribution in [0.5, 0.6) is 0 Å². The van der Waals surface area contributed by atoms with E-state index in [1.54, 1.807) is 0 Å². The van der Waals surface area contributed by atoms with Crippen molar-refractivity contribution in [3.05, 3.63) is 52.5 Å². The topological polar surface area (TPSA) is 38.1 Å². The number of hydrogen-bond acceptors (Lipinski definition) is 2. The van der Waals surface area contributed by atoms with Gasteiger partial charge in [-0.2, -0.15) is 0 Å². The number of amides is 1. The zero-order valence-corrected chi connectivity index (χ0v) is 13.6. The van der Waals surface area contributed by atoms with Crippen molar-refractivity contribution in [3.8, 4) is 0 Å². The Labute approximate surface area is 132 Å².